The van der Waals surface area contributed by atoms with Crippen LogP contribution in [0.5, 0.6) is 5.75 Å². The van der Waals surface area contributed by atoms with Crippen LogP contribution in [-0.2, 0) is 54.2 Å². The van der Waals surface area contributed by atoms with Crippen LogP contribution < -0.4 is 37.7 Å². The maximum atomic E-state index is 14.0. The van der Waals surface area contributed by atoms with Gasteiger partial charge in [0.1, 0.15) is 23.7 Å². The molecule has 0 saturated heterocycles. The maximum Gasteiger partial charge on any atom is 0.246 e. The lowest BCUT2D eigenvalue weighted by molar-refractivity contribution is -0.132. The second kappa shape index (κ2) is 29.6. The molecule has 1 aliphatic heterocycles. The summed E-state index contributed by atoms with van der Waals surface area (Å²) in [5, 5.41) is 30.3. The van der Waals surface area contributed by atoms with Crippen LogP contribution in [0.3, 0.4) is 0 Å². The fraction of sp³-hybridized carbons (Fsp3) is 0.479. The van der Waals surface area contributed by atoms with Crippen molar-refractivity contribution in [2.45, 2.75) is 58.7 Å². The largest absolute Gasteiger partial charge is 0.508 e. The van der Waals surface area contributed by atoms with Gasteiger partial charge in [0, 0.05) is 43.0 Å². The number of phenols is 1. The van der Waals surface area contributed by atoms with Gasteiger partial charge in [0.25, 0.3) is 0 Å². The average Bonchev–Trinajstić information content (AvgIpc) is 3.32. The zero-order valence-corrected chi connectivity index (χ0v) is 39.5. The molecular formula is C48H67FN8O12. The van der Waals surface area contributed by atoms with Crippen molar-refractivity contribution in [1.29, 1.82) is 0 Å². The Kier molecular flexibility index (Phi) is 23.8. The minimum Gasteiger partial charge on any atom is -0.508 e. The predicted molar refractivity (Wildman–Crippen MR) is 255 cm³/mol. The van der Waals surface area contributed by atoms with Crippen molar-refractivity contribution in [1.82, 2.24) is 21.0 Å². The van der Waals surface area contributed by atoms with E-state index in [4.69, 9.17) is 40.4 Å². The highest BCUT2D eigenvalue weighted by molar-refractivity contribution is 6.02. The van der Waals surface area contributed by atoms with Crippen LogP contribution in [0, 0.1) is 11.7 Å². The van der Waals surface area contributed by atoms with Crippen molar-refractivity contribution >= 4 is 52.3 Å². The van der Waals surface area contributed by atoms with Gasteiger partial charge in [0.2, 0.25) is 29.5 Å². The fourth-order valence-electron chi connectivity index (χ4n) is 6.96. The van der Waals surface area contributed by atoms with E-state index in [1.165, 1.54) is 24.1 Å². The van der Waals surface area contributed by atoms with Gasteiger partial charge in [-0.2, -0.15) is 0 Å². The molecule has 0 fully saturated rings. The van der Waals surface area contributed by atoms with Gasteiger partial charge in [-0.05, 0) is 36.6 Å². The fourth-order valence-corrected chi connectivity index (χ4v) is 6.96. The Morgan fingerprint density at radius 1 is 0.739 bits per heavy atom. The van der Waals surface area contributed by atoms with Crippen LogP contribution >= 0.6 is 0 Å². The monoisotopic (exact) mass is 966 g/mol. The SMILES string of the molecule is CC(C)[C@H](NC(=O)CCOCCOCCOCCOCCNC(=O)CCC(=O)N1Cc2ccccc2/C(N)=C(/N(N)CCOCCO)c2ccccc21)C(=O)N[C@@H](C)C(=O)Nc1ccc(O)cc1F. The number of halogens is 1. The topological polar surface area (TPSA) is 279 Å². The summed E-state index contributed by atoms with van der Waals surface area (Å²) in [6.45, 7) is 8.02. The third-order valence-corrected chi connectivity index (χ3v) is 10.6. The van der Waals surface area contributed by atoms with E-state index < -0.39 is 35.6 Å². The minimum absolute atomic E-state index is 0.0141. The summed E-state index contributed by atoms with van der Waals surface area (Å²) in [4.78, 5) is 66.2. The van der Waals surface area contributed by atoms with E-state index >= 15 is 0 Å². The van der Waals surface area contributed by atoms with Crippen LogP contribution in [0.2, 0.25) is 0 Å². The molecule has 0 bridgehead atoms. The molecule has 3 aromatic rings. The molecule has 1 aliphatic rings. The highest BCUT2D eigenvalue weighted by Gasteiger charge is 2.29. The van der Waals surface area contributed by atoms with Gasteiger partial charge in [0.05, 0.1) is 109 Å². The molecule has 5 amide bonds. The molecular weight excluding hydrogens is 900 g/mol. The van der Waals surface area contributed by atoms with E-state index in [1.807, 2.05) is 48.5 Å². The van der Waals surface area contributed by atoms with Gasteiger partial charge in [-0.1, -0.05) is 56.3 Å². The summed E-state index contributed by atoms with van der Waals surface area (Å²) in [6, 6.07) is 16.1. The van der Waals surface area contributed by atoms with Gasteiger partial charge in [-0.3, -0.25) is 24.0 Å². The Bertz CT molecular complexity index is 2180. The first kappa shape index (κ1) is 55.4. The number of carbonyl (C=O) groups excluding carboxylic acids is 5. The van der Waals surface area contributed by atoms with Crippen LogP contribution in [-0.4, -0.2) is 143 Å². The van der Waals surface area contributed by atoms with Crippen LogP contribution in [0.15, 0.2) is 66.7 Å². The molecule has 20 nitrogen and oxygen atoms in total. The number of carbonyl (C=O) groups is 5. The first-order chi connectivity index (χ1) is 33.2. The van der Waals surface area contributed by atoms with Gasteiger partial charge < -0.3 is 70.8 Å². The highest BCUT2D eigenvalue weighted by atomic mass is 19.1. The second-order valence-corrected chi connectivity index (χ2v) is 16.2. The Balaban J connectivity index is 1.04. The number of aromatic hydroxyl groups is 1. The molecule has 10 N–H and O–H groups in total. The quantitative estimate of drug-likeness (QED) is 0.0205. The third-order valence-electron chi connectivity index (χ3n) is 10.6. The normalized spacial score (nSPS) is 14.2. The number of aliphatic hydroxyl groups is 1. The molecule has 0 spiro atoms. The number of fused-ring (bicyclic) bond motifs is 2. The molecule has 378 valence electrons. The number of para-hydroxylation sites is 1. The molecule has 0 saturated carbocycles. The molecule has 1 heterocycles. The average molecular weight is 967 g/mol. The Labute approximate surface area is 401 Å². The van der Waals surface area contributed by atoms with E-state index in [0.29, 0.717) is 49.1 Å². The third kappa shape index (κ3) is 18.3. The van der Waals surface area contributed by atoms with E-state index in [1.54, 1.807) is 18.7 Å². The highest BCUT2D eigenvalue weighted by Crippen LogP contribution is 2.37. The van der Waals surface area contributed by atoms with Gasteiger partial charge in [-0.15, -0.1) is 0 Å². The van der Waals surface area contributed by atoms with Crippen molar-refractivity contribution in [3.05, 3.63) is 89.2 Å². The number of hydrogen-bond donors (Lipinski definition) is 8. The van der Waals surface area contributed by atoms with Gasteiger partial charge in [-0.25, -0.2) is 10.2 Å². The lowest BCUT2D eigenvalue weighted by atomic mass is 9.95. The van der Waals surface area contributed by atoms with Crippen LogP contribution in [0.4, 0.5) is 15.8 Å². The standard InChI is InChI=1S/C48H67FN8O12/c1-32(2)45(48(64)53-33(3)47(63)54-39-13-12-35(59)30-38(39)49)55-42(61)16-20-65-24-26-68-28-29-69-27-25-66-21-17-52-41(60)14-15-43(62)56-31-34-8-4-5-9-36(34)44(50)46(37-10-6-7-11-40(37)56)57(51)18-22-67-23-19-58/h4-13,30,32-33,45,58-59H,14-29,31,50-51H2,1-3H3,(H,52,60)(H,53,64)(H,54,63)(H,55,61)/b46-44-/t33-,45-/m0/s1. The number of ether oxygens (including phenoxy) is 5. The summed E-state index contributed by atoms with van der Waals surface area (Å²) in [7, 11) is 0. The number of nitrogens with two attached hydrogens (primary N) is 2. The summed E-state index contributed by atoms with van der Waals surface area (Å²) in [6.07, 6.45) is -0.0846. The van der Waals surface area contributed by atoms with Crippen molar-refractivity contribution in [3.63, 3.8) is 0 Å². The summed E-state index contributed by atoms with van der Waals surface area (Å²) in [5.74, 6) is 2.89. The summed E-state index contributed by atoms with van der Waals surface area (Å²) in [5.41, 5.74) is 10.4. The molecule has 2 atom stereocenters. The maximum absolute atomic E-state index is 14.0. The number of rotatable bonds is 30. The predicted octanol–water partition coefficient (Wildman–Crippen LogP) is 1.98. The molecule has 4 rings (SSSR count). The van der Waals surface area contributed by atoms with Gasteiger partial charge in [0.15, 0.2) is 0 Å². The van der Waals surface area contributed by atoms with E-state index in [-0.39, 0.29) is 114 Å². The zero-order valence-electron chi connectivity index (χ0n) is 39.5. The number of amides is 5. The number of aliphatic hydroxyl groups excluding tert-OH is 1. The van der Waals surface area contributed by atoms with E-state index in [0.717, 1.165) is 17.2 Å². The molecule has 0 unspecified atom stereocenters. The number of nitrogens with one attached hydrogen (secondary N) is 4. The van der Waals surface area contributed by atoms with E-state index in [2.05, 4.69) is 21.3 Å². The number of anilines is 2. The van der Waals surface area contributed by atoms with Crippen LogP contribution in [0.1, 0.15) is 56.7 Å². The number of hydrogen-bond acceptors (Lipinski definition) is 15. The van der Waals surface area contributed by atoms with Crippen molar-refractivity contribution in [2.24, 2.45) is 17.5 Å². The summed E-state index contributed by atoms with van der Waals surface area (Å²) >= 11 is 0. The first-order valence-electron chi connectivity index (χ1n) is 22.9. The Morgan fingerprint density at radius 2 is 1.36 bits per heavy atom. The number of phenolic OH excluding ortho intramolecular Hbond substituents is 1. The smallest absolute Gasteiger partial charge is 0.246 e. The second-order valence-electron chi connectivity index (χ2n) is 16.2. The molecule has 0 aromatic heterocycles. The first-order valence-corrected chi connectivity index (χ1v) is 22.9. The number of nitrogens with zero attached hydrogens (tertiary/aromatic N) is 2. The minimum atomic E-state index is -1.05. The number of benzene rings is 3. The molecule has 0 radical (unpaired) electrons. The number of hydrazine groups is 1. The Morgan fingerprint density at radius 3 is 2.03 bits per heavy atom. The van der Waals surface area contributed by atoms with E-state index in [9.17, 15) is 33.5 Å². The van der Waals surface area contributed by atoms with Crippen molar-refractivity contribution in [2.75, 3.05) is 96.0 Å². The lowest BCUT2D eigenvalue weighted by Crippen LogP contribution is -2.53. The molecule has 69 heavy (non-hydrogen) atoms. The molecule has 21 heteroatoms. The van der Waals surface area contributed by atoms with Crippen molar-refractivity contribution < 1.29 is 62.3 Å². The Hall–Kier alpha value is -6.20. The summed E-state index contributed by atoms with van der Waals surface area (Å²) < 4.78 is 41.5. The van der Waals surface area contributed by atoms with Gasteiger partial charge >= 0.3 is 0 Å². The molecule has 3 aromatic carbocycles. The zero-order chi connectivity index (χ0) is 50.1. The van der Waals surface area contributed by atoms with Crippen molar-refractivity contribution in [3.8, 4) is 5.75 Å². The molecule has 0 aliphatic carbocycles. The lowest BCUT2D eigenvalue weighted by Gasteiger charge is -2.33. The van der Waals surface area contributed by atoms with Crippen LogP contribution in [0.25, 0.3) is 11.4 Å².